The highest BCUT2D eigenvalue weighted by Crippen LogP contribution is 2.89. The third-order valence-corrected chi connectivity index (χ3v) is 14.0. The van der Waals surface area contributed by atoms with E-state index < -0.39 is 104 Å². The molecule has 4 bridgehead atoms. The molecule has 2 spiro atoms. The van der Waals surface area contributed by atoms with Gasteiger partial charge in [0.15, 0.2) is 18.0 Å². The van der Waals surface area contributed by atoms with Crippen molar-refractivity contribution in [2.45, 2.75) is 149 Å². The van der Waals surface area contributed by atoms with Crippen molar-refractivity contribution in [2.24, 2.45) is 39.9 Å². The highest BCUT2D eigenvalue weighted by atomic mass is 16.9. The van der Waals surface area contributed by atoms with E-state index in [1.54, 1.807) is 73.6 Å². The zero-order valence-electron chi connectivity index (χ0n) is 32.9. The molecule has 3 aliphatic heterocycles. The highest BCUT2D eigenvalue weighted by molar-refractivity contribution is 6.02. The van der Waals surface area contributed by atoms with Crippen LogP contribution < -0.4 is 0 Å². The van der Waals surface area contributed by atoms with Gasteiger partial charge in [-0.1, -0.05) is 80.5 Å². The Hall–Kier alpha value is -3.09. The molecule has 12 heteroatoms. The Balaban J connectivity index is 1.78. The lowest BCUT2D eigenvalue weighted by Gasteiger charge is -2.75. The molecule has 3 saturated heterocycles. The second-order valence-corrected chi connectivity index (χ2v) is 17.4. The van der Waals surface area contributed by atoms with E-state index in [1.165, 1.54) is 7.11 Å². The number of fused-ring (bicyclic) bond motifs is 3. The molecule has 6 aliphatic rings. The maximum atomic E-state index is 14.7. The number of allylic oxidation sites excluding steroid dienone is 4. The van der Waals surface area contributed by atoms with E-state index in [0.717, 1.165) is 0 Å². The van der Waals surface area contributed by atoms with Crippen molar-refractivity contribution in [1.82, 2.24) is 0 Å². The molecule has 3 heterocycles. The summed E-state index contributed by atoms with van der Waals surface area (Å²) in [5.41, 5.74) is -9.91. The lowest BCUT2D eigenvalue weighted by Crippen LogP contribution is -2.94. The Morgan fingerprint density at radius 1 is 0.981 bits per heavy atom. The summed E-state index contributed by atoms with van der Waals surface area (Å²) in [5, 5.41) is 0. The summed E-state index contributed by atoms with van der Waals surface area (Å²) in [6, 6.07) is 0. The molecule has 0 aromatic heterocycles. The van der Waals surface area contributed by atoms with Crippen LogP contribution in [-0.4, -0.2) is 77.4 Å². The molecular weight excluding hydrogens is 672 g/mol. The molecule has 0 aromatic carbocycles. The quantitative estimate of drug-likeness (QED) is 0.114. The van der Waals surface area contributed by atoms with Crippen LogP contribution in [0.15, 0.2) is 23.8 Å². The topological polar surface area (TPSA) is 150 Å². The van der Waals surface area contributed by atoms with Gasteiger partial charge in [0.2, 0.25) is 5.60 Å². The largest absolute Gasteiger partial charge is 0.469 e. The summed E-state index contributed by atoms with van der Waals surface area (Å²) < 4.78 is 46.8. The van der Waals surface area contributed by atoms with Crippen LogP contribution in [0.25, 0.3) is 0 Å². The lowest BCUT2D eigenvalue weighted by atomic mass is 9.35. The predicted octanol–water partition coefficient (Wildman–Crippen LogP) is 5.54. The Labute approximate surface area is 306 Å². The zero-order chi connectivity index (χ0) is 38.8. The molecule has 6 rings (SSSR count). The Morgan fingerprint density at radius 2 is 1.62 bits per heavy atom. The molecule has 6 fully saturated rings. The number of hydrogen-bond acceptors (Lipinski definition) is 12. The summed E-state index contributed by atoms with van der Waals surface area (Å²) >= 11 is 0. The Bertz CT molecular complexity index is 1660. The van der Waals surface area contributed by atoms with Gasteiger partial charge >= 0.3 is 23.9 Å². The maximum Gasteiger partial charge on any atom is 0.309 e. The Kier molecular flexibility index (Phi) is 8.69. The van der Waals surface area contributed by atoms with Crippen LogP contribution in [0.2, 0.25) is 0 Å². The summed E-state index contributed by atoms with van der Waals surface area (Å²) in [4.78, 5) is 70.5. The number of ketones is 1. The number of carbonyl (C=O) groups is 5. The minimum atomic E-state index is -1.99. The van der Waals surface area contributed by atoms with E-state index in [1.807, 2.05) is 27.7 Å². The maximum absolute atomic E-state index is 14.7. The SMILES string of the molecule is C/C=C\C(=C/C)C(=O)C(C)(C)C1CC(=O)OC2C13OC1(C)OC3(CC)C3(C)C(CC(=O)OC)C4(C)CC3(O1)C2(OC(=O)C(C)C)C4OC(=O)C(C)C. The van der Waals surface area contributed by atoms with Gasteiger partial charge in [-0.2, -0.15) is 0 Å². The van der Waals surface area contributed by atoms with Gasteiger partial charge in [-0.15, -0.1) is 0 Å². The van der Waals surface area contributed by atoms with E-state index in [4.69, 9.17) is 33.2 Å². The number of hydrogen-bond donors (Lipinski definition) is 0. The van der Waals surface area contributed by atoms with Gasteiger partial charge in [0.1, 0.15) is 16.8 Å². The molecule has 11 atom stereocenters. The fourth-order valence-electron chi connectivity index (χ4n) is 12.1. The van der Waals surface area contributed by atoms with Gasteiger partial charge in [-0.05, 0) is 32.6 Å². The minimum Gasteiger partial charge on any atom is -0.469 e. The number of rotatable bonds is 11. The van der Waals surface area contributed by atoms with E-state index >= 15 is 0 Å². The molecule has 3 aliphatic carbocycles. The molecule has 0 amide bonds. The minimum absolute atomic E-state index is 0.113. The standard InChI is InChI=1S/C40H56O12/c1-14-17-23(15-2)28(43)33(8,9)24-18-27(42)47-32-39(24)37(16-3)35(11)25(19-26(41)46-13)34(10)20-38(35,51-36(12,50-37)52-39)40(32,49-30(45)22(6)7)31(34)48-29(44)21(4)5/h14-15,17,21-22,24-25,31-32H,16,18-20H2,1-13H3/b17-14-,23-15+. The van der Waals surface area contributed by atoms with Gasteiger partial charge in [0.05, 0.1) is 25.4 Å². The smallest absolute Gasteiger partial charge is 0.309 e. The normalized spacial score (nSPS) is 44.3. The third kappa shape index (κ3) is 4.17. The zero-order valence-corrected chi connectivity index (χ0v) is 32.9. The molecule has 3 saturated carbocycles. The average molecular weight is 729 g/mol. The van der Waals surface area contributed by atoms with Crippen molar-refractivity contribution in [1.29, 1.82) is 0 Å². The first-order chi connectivity index (χ1) is 24.1. The fraction of sp³-hybridized carbons (Fsp3) is 0.775. The average Bonchev–Trinajstić information content (AvgIpc) is 3.50. The first kappa shape index (κ1) is 38.6. The fourth-order valence-corrected chi connectivity index (χ4v) is 12.1. The van der Waals surface area contributed by atoms with E-state index in [9.17, 15) is 24.0 Å². The molecule has 0 radical (unpaired) electrons. The number of Topliss-reactive ketones (excluding diaryl/α,β-unsaturated/α-hetero) is 1. The molecule has 0 N–H and O–H groups in total. The number of methoxy groups -OCH3 is 1. The molecule has 11 unspecified atom stereocenters. The van der Waals surface area contributed by atoms with Crippen LogP contribution in [-0.2, 0) is 57.1 Å². The van der Waals surface area contributed by atoms with Crippen molar-refractivity contribution in [3.63, 3.8) is 0 Å². The first-order valence-corrected chi connectivity index (χ1v) is 18.7. The van der Waals surface area contributed by atoms with Gasteiger partial charge < -0.3 is 33.2 Å². The number of carbonyl (C=O) groups excluding carboxylic acids is 5. The van der Waals surface area contributed by atoms with Crippen LogP contribution >= 0.6 is 0 Å². The molecular formula is C40H56O12. The van der Waals surface area contributed by atoms with Gasteiger partial charge in [0.25, 0.3) is 5.97 Å². The number of ether oxygens (including phenoxy) is 7. The first-order valence-electron chi connectivity index (χ1n) is 18.7. The summed E-state index contributed by atoms with van der Waals surface area (Å²) in [5.74, 6) is -7.19. The van der Waals surface area contributed by atoms with Crippen molar-refractivity contribution in [3.8, 4) is 0 Å². The van der Waals surface area contributed by atoms with Crippen LogP contribution in [0.1, 0.15) is 109 Å². The van der Waals surface area contributed by atoms with Gasteiger partial charge in [0, 0.05) is 41.1 Å². The lowest BCUT2D eigenvalue weighted by molar-refractivity contribution is -0.475. The second kappa shape index (κ2) is 11.7. The molecule has 0 aromatic rings. The van der Waals surface area contributed by atoms with E-state index in [0.29, 0.717) is 5.57 Å². The summed E-state index contributed by atoms with van der Waals surface area (Å²) in [6.07, 6.45) is 2.57. The van der Waals surface area contributed by atoms with E-state index in [-0.39, 0.29) is 31.5 Å². The number of esters is 4. The van der Waals surface area contributed by atoms with Crippen LogP contribution in [0, 0.1) is 39.9 Å². The molecule has 12 nitrogen and oxygen atoms in total. The van der Waals surface area contributed by atoms with Crippen LogP contribution in [0.3, 0.4) is 0 Å². The van der Waals surface area contributed by atoms with Crippen molar-refractivity contribution in [3.05, 3.63) is 23.8 Å². The van der Waals surface area contributed by atoms with Gasteiger partial charge in [-0.25, -0.2) is 0 Å². The van der Waals surface area contributed by atoms with Crippen LogP contribution in [0.5, 0.6) is 0 Å². The van der Waals surface area contributed by atoms with Crippen LogP contribution in [0.4, 0.5) is 0 Å². The van der Waals surface area contributed by atoms with E-state index in [2.05, 4.69) is 0 Å². The van der Waals surface area contributed by atoms with Crippen molar-refractivity contribution < 1.29 is 57.1 Å². The second-order valence-electron chi connectivity index (χ2n) is 17.4. The van der Waals surface area contributed by atoms with Gasteiger partial charge in [-0.3, -0.25) is 24.0 Å². The summed E-state index contributed by atoms with van der Waals surface area (Å²) in [7, 11) is 1.32. The van der Waals surface area contributed by atoms with Crippen molar-refractivity contribution in [2.75, 3.05) is 7.11 Å². The third-order valence-electron chi connectivity index (χ3n) is 14.0. The predicted molar refractivity (Wildman–Crippen MR) is 185 cm³/mol. The monoisotopic (exact) mass is 728 g/mol. The molecule has 52 heavy (non-hydrogen) atoms. The van der Waals surface area contributed by atoms with Crippen molar-refractivity contribution >= 4 is 29.7 Å². The highest BCUT2D eigenvalue weighted by Gasteiger charge is 3.04. The molecule has 288 valence electrons. The Morgan fingerprint density at radius 3 is 2.15 bits per heavy atom. The summed E-state index contributed by atoms with van der Waals surface area (Å²) in [6.45, 7) is 21.4.